The molecule has 84 valence electrons. The summed E-state index contributed by atoms with van der Waals surface area (Å²) in [6, 6.07) is 5.47. The number of nitrogens with one attached hydrogen (secondary N) is 1. The second-order valence-electron chi connectivity index (χ2n) is 3.66. The van der Waals surface area contributed by atoms with Crippen molar-refractivity contribution in [1.29, 1.82) is 0 Å². The Morgan fingerprint density at radius 1 is 1.44 bits per heavy atom. The van der Waals surface area contributed by atoms with Crippen LogP contribution in [0.25, 0.3) is 0 Å². The van der Waals surface area contributed by atoms with Crippen molar-refractivity contribution in [1.82, 2.24) is 5.32 Å². The number of carbonyl (C=O) groups excluding carboxylic acids is 1. The van der Waals surface area contributed by atoms with Gasteiger partial charge in [0.25, 0.3) is 5.91 Å². The number of carbonyl (C=O) groups is 1. The molecule has 0 spiro atoms. The van der Waals surface area contributed by atoms with E-state index in [4.69, 9.17) is 4.42 Å². The molecular weight excluding hydrogens is 222 g/mol. The number of aryl methyl sites for hydroxylation is 1. The topological polar surface area (TPSA) is 42.2 Å². The molecule has 2 aromatic heterocycles. The highest BCUT2D eigenvalue weighted by atomic mass is 32.1. The van der Waals surface area contributed by atoms with Crippen LogP contribution in [-0.2, 0) is 0 Å². The number of rotatable bonds is 3. The van der Waals surface area contributed by atoms with Gasteiger partial charge < -0.3 is 9.73 Å². The average molecular weight is 235 g/mol. The Morgan fingerprint density at radius 2 is 2.25 bits per heavy atom. The van der Waals surface area contributed by atoms with E-state index in [1.807, 2.05) is 36.7 Å². The van der Waals surface area contributed by atoms with E-state index in [0.29, 0.717) is 5.56 Å². The van der Waals surface area contributed by atoms with Gasteiger partial charge in [-0.15, -0.1) is 0 Å². The minimum absolute atomic E-state index is 0.0668. The van der Waals surface area contributed by atoms with Crippen molar-refractivity contribution in [3.05, 3.63) is 46.0 Å². The summed E-state index contributed by atoms with van der Waals surface area (Å²) >= 11 is 1.51. The Labute approximate surface area is 98.1 Å². The van der Waals surface area contributed by atoms with Crippen LogP contribution in [0, 0.1) is 6.92 Å². The Kier molecular flexibility index (Phi) is 3.10. The fourth-order valence-electron chi connectivity index (χ4n) is 1.43. The molecule has 3 nitrogen and oxygen atoms in total. The van der Waals surface area contributed by atoms with Crippen LogP contribution in [0.3, 0.4) is 0 Å². The smallest absolute Gasteiger partial charge is 0.252 e. The fourth-order valence-corrected chi connectivity index (χ4v) is 2.07. The van der Waals surface area contributed by atoms with Crippen molar-refractivity contribution in [2.24, 2.45) is 0 Å². The predicted molar refractivity (Wildman–Crippen MR) is 63.6 cm³/mol. The van der Waals surface area contributed by atoms with Crippen molar-refractivity contribution in [2.75, 3.05) is 0 Å². The Morgan fingerprint density at radius 3 is 2.81 bits per heavy atom. The maximum atomic E-state index is 11.8. The minimum Gasteiger partial charge on any atom is -0.464 e. The van der Waals surface area contributed by atoms with E-state index >= 15 is 0 Å². The molecule has 0 aliphatic carbocycles. The summed E-state index contributed by atoms with van der Waals surface area (Å²) in [6.45, 7) is 3.79. The molecule has 1 amide bonds. The van der Waals surface area contributed by atoms with Crippen LogP contribution in [0.15, 0.2) is 33.4 Å². The number of amides is 1. The van der Waals surface area contributed by atoms with E-state index in [2.05, 4.69) is 5.32 Å². The maximum absolute atomic E-state index is 11.8. The summed E-state index contributed by atoms with van der Waals surface area (Å²) in [5, 5.41) is 6.60. The first-order chi connectivity index (χ1) is 7.66. The first kappa shape index (κ1) is 11.0. The molecule has 2 rings (SSSR count). The van der Waals surface area contributed by atoms with E-state index < -0.39 is 0 Å². The zero-order chi connectivity index (χ0) is 11.5. The molecule has 0 radical (unpaired) electrons. The van der Waals surface area contributed by atoms with Crippen LogP contribution in [0.1, 0.15) is 34.8 Å². The molecule has 2 aromatic rings. The van der Waals surface area contributed by atoms with Gasteiger partial charge in [-0.25, -0.2) is 0 Å². The maximum Gasteiger partial charge on any atom is 0.252 e. The summed E-state index contributed by atoms with van der Waals surface area (Å²) in [5.74, 6) is 1.57. The third-order valence-electron chi connectivity index (χ3n) is 2.32. The first-order valence-electron chi connectivity index (χ1n) is 5.06. The van der Waals surface area contributed by atoms with Gasteiger partial charge in [-0.2, -0.15) is 11.3 Å². The summed E-state index contributed by atoms with van der Waals surface area (Å²) < 4.78 is 5.45. The van der Waals surface area contributed by atoms with Gasteiger partial charge in [0.05, 0.1) is 11.6 Å². The van der Waals surface area contributed by atoms with Gasteiger partial charge >= 0.3 is 0 Å². The summed E-state index contributed by atoms with van der Waals surface area (Å²) in [6.07, 6.45) is 0. The molecule has 0 aliphatic heterocycles. The quantitative estimate of drug-likeness (QED) is 0.888. The summed E-state index contributed by atoms with van der Waals surface area (Å²) in [5.41, 5.74) is 0.695. The van der Waals surface area contributed by atoms with Gasteiger partial charge in [0, 0.05) is 5.38 Å². The van der Waals surface area contributed by atoms with Gasteiger partial charge in [-0.05, 0) is 37.4 Å². The first-order valence-corrected chi connectivity index (χ1v) is 6.00. The SMILES string of the molecule is Cc1ccc([C@H](C)NC(=O)c2ccsc2)o1. The molecule has 0 saturated heterocycles. The minimum atomic E-state index is -0.110. The highest BCUT2D eigenvalue weighted by Crippen LogP contribution is 2.16. The number of furan rings is 1. The largest absolute Gasteiger partial charge is 0.464 e. The lowest BCUT2D eigenvalue weighted by Gasteiger charge is -2.10. The molecule has 1 atom stereocenters. The molecule has 0 aliphatic rings. The zero-order valence-electron chi connectivity index (χ0n) is 9.19. The van der Waals surface area contributed by atoms with Crippen LogP contribution in [-0.4, -0.2) is 5.91 Å². The van der Waals surface area contributed by atoms with Gasteiger partial charge in [0.15, 0.2) is 0 Å². The van der Waals surface area contributed by atoms with Gasteiger partial charge in [-0.3, -0.25) is 4.79 Å². The van der Waals surface area contributed by atoms with E-state index in [9.17, 15) is 4.79 Å². The Hall–Kier alpha value is -1.55. The van der Waals surface area contributed by atoms with Crippen molar-refractivity contribution >= 4 is 17.2 Å². The Balaban J connectivity index is 2.03. The average Bonchev–Trinajstić information content (AvgIpc) is 2.87. The number of hydrogen-bond acceptors (Lipinski definition) is 3. The van der Waals surface area contributed by atoms with Crippen LogP contribution in [0.2, 0.25) is 0 Å². The van der Waals surface area contributed by atoms with Crippen LogP contribution < -0.4 is 5.32 Å². The second-order valence-corrected chi connectivity index (χ2v) is 4.44. The zero-order valence-corrected chi connectivity index (χ0v) is 10.0. The van der Waals surface area contributed by atoms with E-state index in [-0.39, 0.29) is 11.9 Å². The molecule has 4 heteroatoms. The van der Waals surface area contributed by atoms with Crippen molar-refractivity contribution in [3.8, 4) is 0 Å². The summed E-state index contributed by atoms with van der Waals surface area (Å²) in [7, 11) is 0. The van der Waals surface area contributed by atoms with Crippen molar-refractivity contribution in [3.63, 3.8) is 0 Å². The molecule has 0 saturated carbocycles. The second kappa shape index (κ2) is 4.53. The lowest BCUT2D eigenvalue weighted by atomic mass is 10.2. The normalized spacial score (nSPS) is 12.4. The van der Waals surface area contributed by atoms with Gasteiger partial charge in [0.1, 0.15) is 11.5 Å². The van der Waals surface area contributed by atoms with Crippen LogP contribution in [0.5, 0.6) is 0 Å². The number of thiophene rings is 1. The fraction of sp³-hybridized carbons (Fsp3) is 0.250. The molecule has 0 fully saturated rings. The van der Waals surface area contributed by atoms with Crippen LogP contribution in [0.4, 0.5) is 0 Å². The molecule has 0 bridgehead atoms. The van der Waals surface area contributed by atoms with E-state index in [0.717, 1.165) is 11.5 Å². The Bertz CT molecular complexity index is 473. The van der Waals surface area contributed by atoms with Gasteiger partial charge in [0.2, 0.25) is 0 Å². The van der Waals surface area contributed by atoms with Gasteiger partial charge in [-0.1, -0.05) is 0 Å². The lowest BCUT2D eigenvalue weighted by molar-refractivity contribution is 0.0935. The summed E-state index contributed by atoms with van der Waals surface area (Å²) in [4.78, 5) is 11.8. The monoisotopic (exact) mass is 235 g/mol. The highest BCUT2D eigenvalue weighted by molar-refractivity contribution is 7.08. The van der Waals surface area contributed by atoms with E-state index in [1.54, 1.807) is 6.07 Å². The standard InChI is InChI=1S/C12H13NO2S/c1-8-3-4-11(15-8)9(2)13-12(14)10-5-6-16-7-10/h3-7,9H,1-2H3,(H,13,14)/t9-/m0/s1. The molecule has 1 N–H and O–H groups in total. The third-order valence-corrected chi connectivity index (χ3v) is 3.00. The molecule has 16 heavy (non-hydrogen) atoms. The molecule has 0 aromatic carbocycles. The van der Waals surface area contributed by atoms with E-state index in [1.165, 1.54) is 11.3 Å². The van der Waals surface area contributed by atoms with Crippen molar-refractivity contribution in [2.45, 2.75) is 19.9 Å². The third kappa shape index (κ3) is 2.33. The molecule has 0 unspecified atom stereocenters. The molecular formula is C12H13NO2S. The van der Waals surface area contributed by atoms with Crippen molar-refractivity contribution < 1.29 is 9.21 Å². The predicted octanol–water partition coefficient (Wildman–Crippen LogP) is 3.14. The highest BCUT2D eigenvalue weighted by Gasteiger charge is 2.13. The number of hydrogen-bond donors (Lipinski definition) is 1. The van der Waals surface area contributed by atoms with Crippen LogP contribution >= 0.6 is 11.3 Å². The lowest BCUT2D eigenvalue weighted by Crippen LogP contribution is -2.25. The molecule has 2 heterocycles.